The van der Waals surface area contributed by atoms with Crippen molar-refractivity contribution in [2.75, 3.05) is 0 Å². The molecule has 0 aliphatic carbocycles. The Kier molecular flexibility index (Phi) is 10.1. The van der Waals surface area contributed by atoms with E-state index in [0.717, 1.165) is 0 Å². The maximum atomic E-state index is 14.6. The number of aliphatic hydroxyl groups excluding tert-OH is 1. The number of esters is 1. The number of fused-ring (bicyclic) bond motifs is 1. The molecule has 1 aromatic heterocycles. The van der Waals surface area contributed by atoms with Gasteiger partial charge in [0, 0.05) is 11.8 Å². The van der Waals surface area contributed by atoms with Gasteiger partial charge in [-0.2, -0.15) is 9.48 Å². The van der Waals surface area contributed by atoms with Crippen LogP contribution >= 0.6 is 7.75 Å². The Labute approximate surface area is 259 Å². The number of rotatable bonds is 12. The van der Waals surface area contributed by atoms with Gasteiger partial charge in [-0.25, -0.2) is 18.1 Å². The summed E-state index contributed by atoms with van der Waals surface area (Å²) in [6, 6.07) is 18.8. The van der Waals surface area contributed by atoms with Crippen molar-refractivity contribution in [3.63, 3.8) is 0 Å². The van der Waals surface area contributed by atoms with Crippen LogP contribution in [-0.4, -0.2) is 51.4 Å². The van der Waals surface area contributed by atoms with Crippen molar-refractivity contribution in [3.8, 4) is 5.75 Å². The van der Waals surface area contributed by atoms with Gasteiger partial charge in [-0.1, -0.05) is 66.7 Å². The molecular formula is C30H29F3N3O9P. The summed E-state index contributed by atoms with van der Waals surface area (Å²) in [5.41, 5.74) is -1.76. The first-order valence-electron chi connectivity index (χ1n) is 14.0. The molecule has 12 nitrogen and oxygen atoms in total. The number of aliphatic hydroxyl groups is 1. The number of H-pyrrole nitrogens is 1. The number of alkyl halides is 2. The van der Waals surface area contributed by atoms with Crippen molar-refractivity contribution in [1.29, 1.82) is 0 Å². The zero-order valence-corrected chi connectivity index (χ0v) is 25.0. The van der Waals surface area contributed by atoms with Crippen LogP contribution in [0.3, 0.4) is 0 Å². The lowest BCUT2D eigenvalue weighted by Gasteiger charge is -2.30. The van der Waals surface area contributed by atoms with Crippen LogP contribution in [0, 0.1) is 5.82 Å². The van der Waals surface area contributed by atoms with E-state index in [1.165, 1.54) is 13.0 Å². The Bertz CT molecular complexity index is 1850. The maximum absolute atomic E-state index is 14.6. The fraction of sp³-hybridized carbons (Fsp3) is 0.300. The molecule has 0 amide bonds. The summed E-state index contributed by atoms with van der Waals surface area (Å²) in [5.74, 6) is -2.29. The highest BCUT2D eigenvalue weighted by Gasteiger charge is 2.49. The number of aromatic amines is 1. The van der Waals surface area contributed by atoms with Gasteiger partial charge in [0.2, 0.25) is 5.82 Å². The van der Waals surface area contributed by atoms with Crippen LogP contribution in [0.4, 0.5) is 13.2 Å². The molecule has 2 heterocycles. The number of hydrogen-bond acceptors (Lipinski definition) is 9. The van der Waals surface area contributed by atoms with E-state index >= 15 is 0 Å². The zero-order chi connectivity index (χ0) is 33.0. The first kappa shape index (κ1) is 33.1. The van der Waals surface area contributed by atoms with Gasteiger partial charge in [-0.05, 0) is 23.9 Å². The second kappa shape index (κ2) is 14.0. The summed E-state index contributed by atoms with van der Waals surface area (Å²) >= 11 is 0. The van der Waals surface area contributed by atoms with Gasteiger partial charge in [0.1, 0.15) is 30.7 Å². The van der Waals surface area contributed by atoms with Crippen LogP contribution in [0.15, 0.2) is 88.6 Å². The Balaban J connectivity index is 1.42. The molecule has 3 aromatic carbocycles. The molecular weight excluding hydrogens is 634 g/mol. The molecule has 0 radical (unpaired) electrons. The third kappa shape index (κ3) is 7.57. The number of nitrogens with one attached hydrogen (secondary N) is 2. The Morgan fingerprint density at radius 1 is 1.11 bits per heavy atom. The van der Waals surface area contributed by atoms with E-state index in [1.54, 1.807) is 71.7 Å². The number of carbonyl (C=O) groups is 1. The highest BCUT2D eigenvalue weighted by Crippen LogP contribution is 2.50. The highest BCUT2D eigenvalue weighted by atomic mass is 31.2. The van der Waals surface area contributed by atoms with Crippen LogP contribution in [-0.2, 0) is 30.0 Å². The topological polar surface area (TPSA) is 158 Å². The minimum atomic E-state index is -4.95. The summed E-state index contributed by atoms with van der Waals surface area (Å²) in [5, 5.41) is 14.1. The monoisotopic (exact) mass is 663 g/mol. The number of aromatic nitrogens is 2. The second-order valence-electron chi connectivity index (χ2n) is 10.4. The minimum absolute atomic E-state index is 0.0344. The van der Waals surface area contributed by atoms with Gasteiger partial charge < -0.3 is 19.1 Å². The van der Waals surface area contributed by atoms with E-state index in [9.17, 15) is 37.2 Å². The van der Waals surface area contributed by atoms with Gasteiger partial charge >= 0.3 is 19.4 Å². The maximum Gasteiger partial charge on any atom is 0.460 e. The standard InChI is InChI=1S/C30H29F3N3O9P/c1-17(29(39)42-16-18-8-3-2-4-9-18)35-46(41,44-23-13-7-11-19-10-5-6-12-20(19)23)45-26(27(32)33)25-22(37)14-24(43-25)36-15-21(31)28(38)34-30(36)40/h2-13,15,17,22,24-27,37H,14,16H2,1H3,(H,35,41)(H,34,38,40)/t17-,22?,24+,25-,26-,46+/m0/s1. The number of carbonyl (C=O) groups excluding carboxylic acids is 1. The van der Waals surface area contributed by atoms with Crippen LogP contribution in [0.5, 0.6) is 5.75 Å². The van der Waals surface area contributed by atoms with Crippen molar-refractivity contribution < 1.29 is 46.2 Å². The van der Waals surface area contributed by atoms with E-state index in [2.05, 4.69) is 5.09 Å². The van der Waals surface area contributed by atoms with Crippen molar-refractivity contribution >= 4 is 24.5 Å². The fourth-order valence-corrected chi connectivity index (χ4v) is 6.54. The van der Waals surface area contributed by atoms with Crippen LogP contribution in [0.1, 0.15) is 25.1 Å². The summed E-state index contributed by atoms with van der Waals surface area (Å²) in [6.07, 6.45) is -11.0. The normalized spacial score (nSPS) is 20.7. The van der Waals surface area contributed by atoms with Crippen LogP contribution in [0.2, 0.25) is 0 Å². The molecule has 0 bridgehead atoms. The molecule has 1 aliphatic rings. The number of benzene rings is 3. The van der Waals surface area contributed by atoms with Crippen molar-refractivity contribution in [3.05, 3.63) is 111 Å². The fourth-order valence-electron chi connectivity index (χ4n) is 4.85. The molecule has 5 rings (SSSR count). The van der Waals surface area contributed by atoms with E-state index in [-0.39, 0.29) is 12.4 Å². The molecule has 46 heavy (non-hydrogen) atoms. The molecule has 1 saturated heterocycles. The van der Waals surface area contributed by atoms with Crippen LogP contribution in [0.25, 0.3) is 10.8 Å². The van der Waals surface area contributed by atoms with E-state index in [4.69, 9.17) is 18.5 Å². The number of ether oxygens (including phenoxy) is 2. The Morgan fingerprint density at radius 3 is 2.54 bits per heavy atom. The average molecular weight is 664 g/mol. The lowest BCUT2D eigenvalue weighted by atomic mass is 10.1. The molecule has 1 fully saturated rings. The predicted octanol–water partition coefficient (Wildman–Crippen LogP) is 4.04. The van der Waals surface area contributed by atoms with E-state index in [1.807, 2.05) is 0 Å². The summed E-state index contributed by atoms with van der Waals surface area (Å²) in [4.78, 5) is 38.2. The van der Waals surface area contributed by atoms with Gasteiger partial charge in [-0.15, -0.1) is 0 Å². The molecule has 3 N–H and O–H groups in total. The molecule has 6 atom stereocenters. The lowest BCUT2D eigenvalue weighted by molar-refractivity contribution is -0.146. The molecule has 0 saturated carbocycles. The van der Waals surface area contributed by atoms with E-state index < -0.39 is 74.2 Å². The number of halogens is 3. The minimum Gasteiger partial charge on any atom is -0.460 e. The quantitative estimate of drug-likeness (QED) is 0.149. The summed E-state index contributed by atoms with van der Waals surface area (Å²) in [6.45, 7) is 1.14. The van der Waals surface area contributed by atoms with Crippen molar-refractivity contribution in [2.24, 2.45) is 0 Å². The summed E-state index contributed by atoms with van der Waals surface area (Å²) in [7, 11) is -4.95. The van der Waals surface area contributed by atoms with Gasteiger partial charge in [0.15, 0.2) is 6.10 Å². The molecule has 1 unspecified atom stereocenters. The highest BCUT2D eigenvalue weighted by molar-refractivity contribution is 7.52. The SMILES string of the molecule is C[C@H](N[P@@](=O)(Oc1cccc2ccccc12)O[C@H](C(F)F)[C@H]1O[C@@H](n2cc(F)c(=O)[nH]c2=O)CC1O)C(=O)OCc1ccccc1. The largest absolute Gasteiger partial charge is 0.460 e. The van der Waals surface area contributed by atoms with Gasteiger partial charge in [0.25, 0.3) is 12.0 Å². The predicted molar refractivity (Wildman–Crippen MR) is 158 cm³/mol. The smallest absolute Gasteiger partial charge is 0.460 e. The molecule has 244 valence electrons. The molecule has 1 aliphatic heterocycles. The third-order valence-corrected chi connectivity index (χ3v) is 8.76. The second-order valence-corrected chi connectivity index (χ2v) is 12.1. The number of hydrogen-bond donors (Lipinski definition) is 3. The average Bonchev–Trinajstić information content (AvgIpc) is 3.41. The number of nitrogens with zero attached hydrogens (tertiary/aromatic N) is 1. The first-order valence-corrected chi connectivity index (χ1v) is 15.5. The Morgan fingerprint density at radius 2 is 1.80 bits per heavy atom. The third-order valence-electron chi connectivity index (χ3n) is 7.10. The lowest BCUT2D eigenvalue weighted by Crippen LogP contribution is -2.44. The Hall–Kier alpha value is -4.27. The molecule has 4 aromatic rings. The van der Waals surface area contributed by atoms with Crippen LogP contribution < -0.4 is 20.9 Å². The van der Waals surface area contributed by atoms with Crippen molar-refractivity contribution in [1.82, 2.24) is 14.6 Å². The first-order chi connectivity index (χ1) is 21.9. The molecule has 16 heteroatoms. The molecule has 0 spiro atoms. The van der Waals surface area contributed by atoms with Gasteiger partial charge in [0.05, 0.1) is 12.3 Å². The van der Waals surface area contributed by atoms with E-state index in [0.29, 0.717) is 27.1 Å². The van der Waals surface area contributed by atoms with Gasteiger partial charge in [-0.3, -0.25) is 23.7 Å². The summed E-state index contributed by atoms with van der Waals surface area (Å²) < 4.78 is 79.9. The zero-order valence-electron chi connectivity index (χ0n) is 24.1. The van der Waals surface area contributed by atoms with Crippen molar-refractivity contribution in [2.45, 2.75) is 57.0 Å².